The van der Waals surface area contributed by atoms with Crippen LogP contribution in [0.25, 0.3) is 0 Å². The zero-order chi connectivity index (χ0) is 14.0. The highest BCUT2D eigenvalue weighted by Crippen LogP contribution is 2.31. The summed E-state index contributed by atoms with van der Waals surface area (Å²) in [5, 5.41) is 0. The lowest BCUT2D eigenvalue weighted by Crippen LogP contribution is -2.13. The fourth-order valence-corrected chi connectivity index (χ4v) is 1.69. The van der Waals surface area contributed by atoms with Crippen LogP contribution in [0.3, 0.4) is 0 Å². The van der Waals surface area contributed by atoms with E-state index < -0.39 is 5.91 Å². The molecule has 2 aromatic rings. The fourth-order valence-electron chi connectivity index (χ4n) is 1.69. The molecule has 0 aliphatic carbocycles. The summed E-state index contributed by atoms with van der Waals surface area (Å²) in [5.41, 5.74) is 12.0. The van der Waals surface area contributed by atoms with Gasteiger partial charge in [-0.3, -0.25) is 4.79 Å². The highest BCUT2D eigenvalue weighted by atomic mass is 19.1. The van der Waals surface area contributed by atoms with Crippen LogP contribution in [0.2, 0.25) is 0 Å². The van der Waals surface area contributed by atoms with Gasteiger partial charge in [0.1, 0.15) is 11.6 Å². The van der Waals surface area contributed by atoms with Crippen molar-refractivity contribution in [3.05, 3.63) is 53.3 Å². The van der Waals surface area contributed by atoms with Crippen LogP contribution in [0, 0.1) is 12.7 Å². The van der Waals surface area contributed by atoms with E-state index in [0.717, 1.165) is 0 Å². The Kier molecular flexibility index (Phi) is 3.37. The van der Waals surface area contributed by atoms with E-state index in [9.17, 15) is 9.18 Å². The predicted octanol–water partition coefficient (Wildman–Crippen LogP) is 2.61. The number of carbonyl (C=O) groups excluding carboxylic acids is 1. The van der Waals surface area contributed by atoms with Crippen LogP contribution in [0.4, 0.5) is 10.1 Å². The maximum Gasteiger partial charge on any atom is 0.250 e. The summed E-state index contributed by atoms with van der Waals surface area (Å²) < 4.78 is 18.6. The molecule has 98 valence electrons. The third-order valence-electron chi connectivity index (χ3n) is 2.69. The van der Waals surface area contributed by atoms with Crippen molar-refractivity contribution in [2.75, 3.05) is 5.73 Å². The fraction of sp³-hybridized carbons (Fsp3) is 0.0714. The molecule has 0 bridgehead atoms. The van der Waals surface area contributed by atoms with E-state index in [-0.39, 0.29) is 17.1 Å². The number of para-hydroxylation sites is 1. The quantitative estimate of drug-likeness (QED) is 0.832. The molecular weight excluding hydrogens is 247 g/mol. The molecule has 4 nitrogen and oxygen atoms in total. The summed E-state index contributed by atoms with van der Waals surface area (Å²) in [5.74, 6) is -0.191. The summed E-state index contributed by atoms with van der Waals surface area (Å²) in [7, 11) is 0. The molecule has 0 fully saturated rings. The summed E-state index contributed by atoms with van der Waals surface area (Å²) in [6.45, 7) is 1.71. The number of rotatable bonds is 3. The number of anilines is 1. The number of ether oxygens (including phenoxy) is 1. The number of hydrogen-bond donors (Lipinski definition) is 2. The molecule has 2 rings (SSSR count). The average Bonchev–Trinajstić information content (AvgIpc) is 2.34. The first-order valence-electron chi connectivity index (χ1n) is 5.61. The Labute approximate surface area is 109 Å². The van der Waals surface area contributed by atoms with Gasteiger partial charge in [-0.1, -0.05) is 6.07 Å². The molecule has 0 saturated heterocycles. The maximum atomic E-state index is 13.0. The van der Waals surface area contributed by atoms with Gasteiger partial charge in [-0.25, -0.2) is 4.39 Å². The summed E-state index contributed by atoms with van der Waals surface area (Å²) in [6.07, 6.45) is 0. The van der Waals surface area contributed by atoms with Crippen LogP contribution in [0.15, 0.2) is 36.4 Å². The van der Waals surface area contributed by atoms with E-state index in [1.165, 1.54) is 24.3 Å². The van der Waals surface area contributed by atoms with Crippen molar-refractivity contribution in [2.24, 2.45) is 5.73 Å². The van der Waals surface area contributed by atoms with Gasteiger partial charge < -0.3 is 16.2 Å². The number of nitrogens with two attached hydrogens (primary N) is 2. The molecule has 0 aliphatic heterocycles. The van der Waals surface area contributed by atoms with E-state index in [4.69, 9.17) is 16.2 Å². The topological polar surface area (TPSA) is 78.3 Å². The van der Waals surface area contributed by atoms with Crippen molar-refractivity contribution in [3.63, 3.8) is 0 Å². The standard InChI is InChI=1S/C14H13FN2O2/c1-8-7-9(15)5-6-11(8)19-12-4-2-3-10(13(12)16)14(17)18/h2-7H,16H2,1H3,(H2,17,18). The Morgan fingerprint density at radius 2 is 1.95 bits per heavy atom. The lowest BCUT2D eigenvalue weighted by molar-refractivity contribution is 0.100. The van der Waals surface area contributed by atoms with E-state index in [0.29, 0.717) is 17.1 Å². The number of halogens is 1. The van der Waals surface area contributed by atoms with Gasteiger partial charge in [-0.05, 0) is 42.8 Å². The maximum absolute atomic E-state index is 13.0. The van der Waals surface area contributed by atoms with Crippen LogP contribution < -0.4 is 16.2 Å². The Bertz CT molecular complexity index is 641. The molecule has 0 atom stereocenters. The third-order valence-corrected chi connectivity index (χ3v) is 2.69. The summed E-state index contributed by atoms with van der Waals surface area (Å²) in [6, 6.07) is 8.89. The van der Waals surface area contributed by atoms with Crippen LogP contribution in [0.1, 0.15) is 15.9 Å². The van der Waals surface area contributed by atoms with Crippen molar-refractivity contribution in [1.29, 1.82) is 0 Å². The Balaban J connectivity index is 2.38. The number of carbonyl (C=O) groups is 1. The molecule has 0 saturated carbocycles. The number of primary amides is 1. The van der Waals surface area contributed by atoms with Crippen molar-refractivity contribution in [1.82, 2.24) is 0 Å². The monoisotopic (exact) mass is 260 g/mol. The first-order valence-corrected chi connectivity index (χ1v) is 5.61. The number of nitrogen functional groups attached to an aromatic ring is 1. The van der Waals surface area contributed by atoms with E-state index >= 15 is 0 Å². The lowest BCUT2D eigenvalue weighted by atomic mass is 10.1. The van der Waals surface area contributed by atoms with E-state index in [1.54, 1.807) is 19.1 Å². The molecular formula is C14H13FN2O2. The van der Waals surface area contributed by atoms with Crippen molar-refractivity contribution in [2.45, 2.75) is 6.92 Å². The summed E-state index contributed by atoms with van der Waals surface area (Å²) >= 11 is 0. The van der Waals surface area contributed by atoms with Crippen LogP contribution in [-0.2, 0) is 0 Å². The van der Waals surface area contributed by atoms with Crippen LogP contribution >= 0.6 is 0 Å². The molecule has 0 aromatic heterocycles. The predicted molar refractivity (Wildman–Crippen MR) is 70.6 cm³/mol. The molecule has 0 aliphatic rings. The van der Waals surface area contributed by atoms with Gasteiger partial charge in [-0.2, -0.15) is 0 Å². The van der Waals surface area contributed by atoms with Gasteiger partial charge in [-0.15, -0.1) is 0 Å². The Morgan fingerprint density at radius 1 is 1.21 bits per heavy atom. The first-order chi connectivity index (χ1) is 8.99. The third kappa shape index (κ3) is 2.65. The molecule has 1 amide bonds. The minimum atomic E-state index is -0.626. The van der Waals surface area contributed by atoms with Crippen molar-refractivity contribution >= 4 is 11.6 Å². The Hall–Kier alpha value is -2.56. The lowest BCUT2D eigenvalue weighted by Gasteiger charge is -2.12. The van der Waals surface area contributed by atoms with Crippen molar-refractivity contribution in [3.8, 4) is 11.5 Å². The minimum Gasteiger partial charge on any atom is -0.455 e. The van der Waals surface area contributed by atoms with Crippen LogP contribution in [-0.4, -0.2) is 5.91 Å². The zero-order valence-corrected chi connectivity index (χ0v) is 10.3. The number of amides is 1. The summed E-state index contributed by atoms with van der Waals surface area (Å²) in [4.78, 5) is 11.2. The van der Waals surface area contributed by atoms with Gasteiger partial charge in [0.2, 0.25) is 0 Å². The second-order valence-corrected chi connectivity index (χ2v) is 4.09. The van der Waals surface area contributed by atoms with Gasteiger partial charge >= 0.3 is 0 Å². The number of hydrogen-bond acceptors (Lipinski definition) is 3. The Morgan fingerprint density at radius 3 is 2.58 bits per heavy atom. The van der Waals surface area contributed by atoms with E-state index in [1.807, 2.05) is 0 Å². The second-order valence-electron chi connectivity index (χ2n) is 4.09. The SMILES string of the molecule is Cc1cc(F)ccc1Oc1cccc(C(N)=O)c1N. The molecule has 5 heteroatoms. The van der Waals surface area contributed by atoms with Gasteiger partial charge in [0.15, 0.2) is 5.75 Å². The minimum absolute atomic E-state index is 0.165. The largest absolute Gasteiger partial charge is 0.455 e. The first kappa shape index (κ1) is 12.9. The number of benzene rings is 2. The zero-order valence-electron chi connectivity index (χ0n) is 10.3. The molecule has 0 radical (unpaired) electrons. The van der Waals surface area contributed by atoms with E-state index in [2.05, 4.69) is 0 Å². The van der Waals surface area contributed by atoms with Gasteiger partial charge in [0.25, 0.3) is 5.91 Å². The molecule has 4 N–H and O–H groups in total. The van der Waals surface area contributed by atoms with Gasteiger partial charge in [0.05, 0.1) is 11.3 Å². The molecule has 0 unspecified atom stereocenters. The van der Waals surface area contributed by atoms with Crippen molar-refractivity contribution < 1.29 is 13.9 Å². The number of aryl methyl sites for hydroxylation is 1. The van der Waals surface area contributed by atoms with Gasteiger partial charge in [0, 0.05) is 0 Å². The molecule has 19 heavy (non-hydrogen) atoms. The second kappa shape index (κ2) is 4.97. The molecule has 0 heterocycles. The highest BCUT2D eigenvalue weighted by Gasteiger charge is 2.12. The normalized spacial score (nSPS) is 10.2. The molecule has 2 aromatic carbocycles. The highest BCUT2D eigenvalue weighted by molar-refractivity contribution is 5.99. The molecule has 0 spiro atoms. The average molecular weight is 260 g/mol. The smallest absolute Gasteiger partial charge is 0.250 e. The van der Waals surface area contributed by atoms with Crippen LogP contribution in [0.5, 0.6) is 11.5 Å².